The first-order valence-electron chi connectivity index (χ1n) is 9.20. The molecule has 0 radical (unpaired) electrons. The first-order valence-corrected chi connectivity index (χ1v) is 9.20. The van der Waals surface area contributed by atoms with Crippen molar-refractivity contribution in [1.29, 1.82) is 0 Å². The van der Waals surface area contributed by atoms with Gasteiger partial charge in [-0.2, -0.15) is 0 Å². The molecule has 0 fully saturated rings. The van der Waals surface area contributed by atoms with E-state index in [1.165, 1.54) is 6.92 Å². The van der Waals surface area contributed by atoms with Crippen LogP contribution in [0.3, 0.4) is 0 Å². The molecule has 0 aliphatic heterocycles. The fraction of sp³-hybridized carbons (Fsp3) is 0.174. The second-order valence-electron chi connectivity index (χ2n) is 6.78. The minimum atomic E-state index is -0.479. The Hall–Kier alpha value is -3.67. The first-order chi connectivity index (χ1) is 13.8. The second kappa shape index (κ2) is 8.56. The van der Waals surface area contributed by atoms with Gasteiger partial charge >= 0.3 is 0 Å². The van der Waals surface area contributed by atoms with Crippen LogP contribution in [0.25, 0.3) is 11.3 Å². The molecule has 3 aromatic rings. The van der Waals surface area contributed by atoms with Gasteiger partial charge in [-0.25, -0.2) is 0 Å². The molecular formula is C23H22N2O4. The first kappa shape index (κ1) is 20.1. The summed E-state index contributed by atoms with van der Waals surface area (Å²) >= 11 is 0. The van der Waals surface area contributed by atoms with Crippen molar-refractivity contribution < 1.29 is 18.8 Å². The zero-order chi connectivity index (χ0) is 21.0. The van der Waals surface area contributed by atoms with Gasteiger partial charge in [0.15, 0.2) is 11.5 Å². The van der Waals surface area contributed by atoms with Crippen LogP contribution in [0.2, 0.25) is 0 Å². The van der Waals surface area contributed by atoms with Crippen LogP contribution < -0.4 is 10.6 Å². The summed E-state index contributed by atoms with van der Waals surface area (Å²) in [6.07, 6.45) is 0. The number of aryl methyl sites for hydroxylation is 1. The third kappa shape index (κ3) is 4.79. The van der Waals surface area contributed by atoms with Crippen LogP contribution in [-0.2, 0) is 4.79 Å². The van der Waals surface area contributed by atoms with Gasteiger partial charge in [0, 0.05) is 16.8 Å². The van der Waals surface area contributed by atoms with Crippen molar-refractivity contribution in [2.75, 3.05) is 11.9 Å². The van der Waals surface area contributed by atoms with E-state index in [4.69, 9.17) is 4.42 Å². The second-order valence-corrected chi connectivity index (χ2v) is 6.78. The Labute approximate surface area is 168 Å². The largest absolute Gasteiger partial charge is 0.451 e. The average molecular weight is 390 g/mol. The predicted octanol–water partition coefficient (Wildman–Crippen LogP) is 4.13. The van der Waals surface area contributed by atoms with Crippen molar-refractivity contribution in [1.82, 2.24) is 5.32 Å². The molecule has 148 valence electrons. The molecule has 29 heavy (non-hydrogen) atoms. The van der Waals surface area contributed by atoms with Gasteiger partial charge in [-0.05, 0) is 50.1 Å². The summed E-state index contributed by atoms with van der Waals surface area (Å²) in [5.41, 5.74) is 4.14. The van der Waals surface area contributed by atoms with E-state index in [1.54, 1.807) is 36.4 Å². The van der Waals surface area contributed by atoms with E-state index in [2.05, 4.69) is 10.6 Å². The number of carbonyl (C=O) groups is 3. The average Bonchev–Trinajstić information content (AvgIpc) is 3.20. The van der Waals surface area contributed by atoms with Crippen LogP contribution in [0.15, 0.2) is 59.0 Å². The summed E-state index contributed by atoms with van der Waals surface area (Å²) in [6, 6.07) is 15.8. The highest BCUT2D eigenvalue weighted by atomic mass is 16.3. The van der Waals surface area contributed by atoms with Gasteiger partial charge in [0.1, 0.15) is 5.76 Å². The lowest BCUT2D eigenvalue weighted by atomic mass is 10.1. The summed E-state index contributed by atoms with van der Waals surface area (Å²) in [4.78, 5) is 35.8. The minimum absolute atomic E-state index is 0.0183. The molecule has 0 spiro atoms. The zero-order valence-corrected chi connectivity index (χ0v) is 16.5. The number of carbonyl (C=O) groups excluding carboxylic acids is 3. The lowest BCUT2D eigenvalue weighted by molar-refractivity contribution is -0.115. The van der Waals surface area contributed by atoms with E-state index in [0.717, 1.165) is 22.4 Å². The lowest BCUT2D eigenvalue weighted by Crippen LogP contribution is -2.32. The van der Waals surface area contributed by atoms with Gasteiger partial charge in [-0.1, -0.05) is 36.4 Å². The highest BCUT2D eigenvalue weighted by Gasteiger charge is 2.14. The molecule has 2 amide bonds. The van der Waals surface area contributed by atoms with Crippen molar-refractivity contribution in [3.63, 3.8) is 0 Å². The molecule has 2 aromatic carbocycles. The molecule has 0 unspecified atom stereocenters. The molecule has 0 bridgehead atoms. The molecule has 1 heterocycles. The number of hydrogen-bond donors (Lipinski definition) is 2. The standard InChI is InChI=1S/C23H22N2O4/c1-14-5-4-6-19(15(14)2)25-22(27)13-24-23(28)21-12-11-20(29-21)18-9-7-17(8-10-18)16(3)26/h4-12H,13H2,1-3H3,(H,24,28)(H,25,27). The summed E-state index contributed by atoms with van der Waals surface area (Å²) in [7, 11) is 0. The van der Waals surface area contributed by atoms with Gasteiger partial charge in [0.05, 0.1) is 6.54 Å². The maximum atomic E-state index is 12.3. The Balaban J connectivity index is 1.59. The van der Waals surface area contributed by atoms with Gasteiger partial charge < -0.3 is 15.1 Å². The number of nitrogens with one attached hydrogen (secondary N) is 2. The number of benzene rings is 2. The molecule has 3 rings (SSSR count). The van der Waals surface area contributed by atoms with Crippen molar-refractivity contribution in [2.24, 2.45) is 0 Å². The molecule has 0 atom stereocenters. The predicted molar refractivity (Wildman–Crippen MR) is 111 cm³/mol. The summed E-state index contributed by atoms with van der Waals surface area (Å²) in [5.74, 6) is -0.207. The maximum absolute atomic E-state index is 12.3. The SMILES string of the molecule is CC(=O)c1ccc(-c2ccc(C(=O)NCC(=O)Nc3cccc(C)c3C)o2)cc1. The molecule has 0 aliphatic rings. The van der Waals surface area contributed by atoms with Crippen molar-refractivity contribution in [2.45, 2.75) is 20.8 Å². The van der Waals surface area contributed by atoms with Crippen molar-refractivity contribution in [3.05, 3.63) is 77.0 Å². The normalized spacial score (nSPS) is 10.4. The van der Waals surface area contributed by atoms with Gasteiger partial charge in [-0.15, -0.1) is 0 Å². The Morgan fingerprint density at radius 2 is 1.66 bits per heavy atom. The summed E-state index contributed by atoms with van der Waals surface area (Å²) in [6.45, 7) is 5.22. The van der Waals surface area contributed by atoms with E-state index in [-0.39, 0.29) is 24.0 Å². The lowest BCUT2D eigenvalue weighted by Gasteiger charge is -2.10. The molecule has 6 nitrogen and oxygen atoms in total. The maximum Gasteiger partial charge on any atom is 0.287 e. The number of Topliss-reactive ketones (excluding diaryl/α,β-unsaturated/α-hetero) is 1. The van der Waals surface area contributed by atoms with Crippen molar-refractivity contribution >= 4 is 23.3 Å². The van der Waals surface area contributed by atoms with Crippen LogP contribution in [-0.4, -0.2) is 24.1 Å². The summed E-state index contributed by atoms with van der Waals surface area (Å²) in [5, 5.41) is 5.34. The number of rotatable bonds is 6. The van der Waals surface area contributed by atoms with Crippen LogP contribution in [0.4, 0.5) is 5.69 Å². The Bertz CT molecular complexity index is 1060. The highest BCUT2D eigenvalue weighted by Crippen LogP contribution is 2.23. The fourth-order valence-corrected chi connectivity index (χ4v) is 2.81. The minimum Gasteiger partial charge on any atom is -0.451 e. The van der Waals surface area contributed by atoms with Crippen LogP contribution >= 0.6 is 0 Å². The van der Waals surface area contributed by atoms with Gasteiger partial charge in [0.25, 0.3) is 5.91 Å². The highest BCUT2D eigenvalue weighted by molar-refractivity contribution is 5.98. The smallest absolute Gasteiger partial charge is 0.287 e. The van der Waals surface area contributed by atoms with E-state index in [9.17, 15) is 14.4 Å². The Morgan fingerprint density at radius 3 is 2.34 bits per heavy atom. The number of furan rings is 1. The number of hydrogen-bond acceptors (Lipinski definition) is 4. The number of ketones is 1. The molecule has 0 saturated carbocycles. The van der Waals surface area contributed by atoms with Crippen LogP contribution in [0.1, 0.15) is 39.0 Å². The van der Waals surface area contributed by atoms with E-state index in [0.29, 0.717) is 11.3 Å². The van der Waals surface area contributed by atoms with E-state index >= 15 is 0 Å². The van der Waals surface area contributed by atoms with Crippen LogP contribution in [0, 0.1) is 13.8 Å². The molecule has 1 aromatic heterocycles. The molecule has 2 N–H and O–H groups in total. The summed E-state index contributed by atoms with van der Waals surface area (Å²) < 4.78 is 5.59. The van der Waals surface area contributed by atoms with Gasteiger partial charge in [-0.3, -0.25) is 14.4 Å². The fourth-order valence-electron chi connectivity index (χ4n) is 2.81. The zero-order valence-electron chi connectivity index (χ0n) is 16.5. The number of amides is 2. The van der Waals surface area contributed by atoms with Gasteiger partial charge in [0.2, 0.25) is 5.91 Å². The molecular weight excluding hydrogens is 368 g/mol. The third-order valence-electron chi connectivity index (χ3n) is 4.69. The molecule has 0 aliphatic carbocycles. The molecule has 6 heteroatoms. The monoisotopic (exact) mass is 390 g/mol. The number of anilines is 1. The van der Waals surface area contributed by atoms with Crippen molar-refractivity contribution in [3.8, 4) is 11.3 Å². The third-order valence-corrected chi connectivity index (χ3v) is 4.69. The topological polar surface area (TPSA) is 88.4 Å². The Kier molecular flexibility index (Phi) is 5.93. The van der Waals surface area contributed by atoms with E-state index < -0.39 is 5.91 Å². The van der Waals surface area contributed by atoms with Crippen LogP contribution in [0.5, 0.6) is 0 Å². The Morgan fingerprint density at radius 1 is 0.931 bits per heavy atom. The quantitative estimate of drug-likeness (QED) is 0.619. The van der Waals surface area contributed by atoms with E-state index in [1.807, 2.05) is 32.0 Å². The molecule has 0 saturated heterocycles.